The Morgan fingerprint density at radius 3 is 3.00 bits per heavy atom. The van der Waals surface area contributed by atoms with E-state index >= 15 is 0 Å². The van der Waals surface area contributed by atoms with Gasteiger partial charge in [0.1, 0.15) is 5.78 Å². The van der Waals surface area contributed by atoms with Gasteiger partial charge in [-0.1, -0.05) is 24.3 Å². The Labute approximate surface area is 95.6 Å². The molecule has 0 bridgehead atoms. The fraction of sp³-hybridized carbons (Fsp3) is 0.308. The first-order valence-corrected chi connectivity index (χ1v) is 5.55. The van der Waals surface area contributed by atoms with Gasteiger partial charge in [0.05, 0.1) is 6.04 Å². The first kappa shape index (κ1) is 10.7. The van der Waals surface area contributed by atoms with Crippen LogP contribution in [-0.4, -0.2) is 18.4 Å². The SMILES string of the molecule is O=C(CC1=CC=CCN1)CC1C=CC=CN1. The summed E-state index contributed by atoms with van der Waals surface area (Å²) in [7, 11) is 0. The van der Waals surface area contributed by atoms with Gasteiger partial charge in [-0.3, -0.25) is 4.79 Å². The van der Waals surface area contributed by atoms with Crippen molar-refractivity contribution in [2.45, 2.75) is 18.9 Å². The molecule has 0 saturated heterocycles. The molecule has 0 fully saturated rings. The molecule has 2 aliphatic heterocycles. The summed E-state index contributed by atoms with van der Waals surface area (Å²) in [6.45, 7) is 0.823. The fourth-order valence-electron chi connectivity index (χ4n) is 1.77. The molecule has 3 heteroatoms. The third-order valence-electron chi connectivity index (χ3n) is 2.58. The zero-order valence-electron chi connectivity index (χ0n) is 9.15. The van der Waals surface area contributed by atoms with E-state index in [0.29, 0.717) is 12.8 Å². The van der Waals surface area contributed by atoms with Crippen molar-refractivity contribution in [1.29, 1.82) is 0 Å². The van der Waals surface area contributed by atoms with Crippen molar-refractivity contribution in [2.75, 3.05) is 6.54 Å². The van der Waals surface area contributed by atoms with Gasteiger partial charge in [-0.05, 0) is 18.4 Å². The molecule has 0 amide bonds. The molecule has 0 aliphatic carbocycles. The monoisotopic (exact) mass is 216 g/mol. The molecule has 0 spiro atoms. The Bertz CT molecular complexity index is 377. The zero-order chi connectivity index (χ0) is 11.2. The first-order chi connectivity index (χ1) is 7.84. The van der Waals surface area contributed by atoms with E-state index in [9.17, 15) is 4.79 Å². The number of allylic oxidation sites excluding steroid dienone is 5. The van der Waals surface area contributed by atoms with Crippen LogP contribution in [0.5, 0.6) is 0 Å². The van der Waals surface area contributed by atoms with Crippen LogP contribution in [0.1, 0.15) is 12.8 Å². The molecular formula is C13H16N2O. The standard InChI is InChI=1S/C13H16N2O/c16-13(9-11-5-1-3-7-14-11)10-12-6-2-4-8-15-12/h1-7,11,14-15H,8-10H2. The maximum absolute atomic E-state index is 11.8. The van der Waals surface area contributed by atoms with Crippen LogP contribution in [0.15, 0.2) is 48.4 Å². The highest BCUT2D eigenvalue weighted by Crippen LogP contribution is 2.08. The largest absolute Gasteiger partial charge is 0.385 e. The van der Waals surface area contributed by atoms with Gasteiger partial charge in [-0.2, -0.15) is 0 Å². The molecule has 0 aromatic carbocycles. The Balaban J connectivity index is 1.80. The quantitative estimate of drug-likeness (QED) is 0.746. The molecule has 16 heavy (non-hydrogen) atoms. The summed E-state index contributed by atoms with van der Waals surface area (Å²) in [5.74, 6) is 0.256. The molecule has 3 nitrogen and oxygen atoms in total. The molecule has 2 heterocycles. The Kier molecular flexibility index (Phi) is 3.59. The van der Waals surface area contributed by atoms with E-state index in [2.05, 4.69) is 10.6 Å². The molecule has 0 saturated carbocycles. The highest BCUT2D eigenvalue weighted by molar-refractivity contribution is 5.81. The van der Waals surface area contributed by atoms with Gasteiger partial charge in [0.25, 0.3) is 0 Å². The number of Topliss-reactive ketones (excluding diaryl/α,β-unsaturated/α-hetero) is 1. The summed E-state index contributed by atoms with van der Waals surface area (Å²) in [6.07, 6.45) is 14.8. The van der Waals surface area contributed by atoms with Crippen LogP contribution in [0.25, 0.3) is 0 Å². The van der Waals surface area contributed by atoms with Gasteiger partial charge in [0.15, 0.2) is 0 Å². The number of rotatable bonds is 4. The van der Waals surface area contributed by atoms with Crippen molar-refractivity contribution in [3.63, 3.8) is 0 Å². The average Bonchev–Trinajstić information content (AvgIpc) is 2.31. The molecule has 1 atom stereocenters. The van der Waals surface area contributed by atoms with Crippen LogP contribution >= 0.6 is 0 Å². The number of hydrogen-bond donors (Lipinski definition) is 2. The number of hydrogen-bond acceptors (Lipinski definition) is 3. The molecular weight excluding hydrogens is 200 g/mol. The summed E-state index contributed by atoms with van der Waals surface area (Å²) in [6, 6.07) is 0.150. The molecule has 0 aromatic heterocycles. The molecule has 2 rings (SSSR count). The van der Waals surface area contributed by atoms with Gasteiger partial charge >= 0.3 is 0 Å². The van der Waals surface area contributed by atoms with Crippen molar-refractivity contribution in [1.82, 2.24) is 10.6 Å². The summed E-state index contributed by atoms with van der Waals surface area (Å²) in [4.78, 5) is 11.8. The minimum Gasteiger partial charge on any atom is -0.385 e. The summed E-state index contributed by atoms with van der Waals surface area (Å²) < 4.78 is 0. The van der Waals surface area contributed by atoms with Gasteiger partial charge in [0, 0.05) is 25.1 Å². The Hall–Kier alpha value is -1.77. The number of dihydropyridines is 2. The lowest BCUT2D eigenvalue weighted by molar-refractivity contribution is -0.118. The second kappa shape index (κ2) is 5.35. The van der Waals surface area contributed by atoms with E-state index in [0.717, 1.165) is 12.2 Å². The third kappa shape index (κ3) is 3.12. The van der Waals surface area contributed by atoms with Crippen LogP contribution in [0.2, 0.25) is 0 Å². The van der Waals surface area contributed by atoms with Crippen molar-refractivity contribution in [2.24, 2.45) is 0 Å². The summed E-state index contributed by atoms with van der Waals surface area (Å²) in [5, 5.41) is 6.33. The lowest BCUT2D eigenvalue weighted by Crippen LogP contribution is -2.27. The zero-order valence-corrected chi connectivity index (χ0v) is 9.15. The fourth-order valence-corrected chi connectivity index (χ4v) is 1.77. The summed E-state index contributed by atoms with van der Waals surface area (Å²) in [5.41, 5.74) is 1.02. The Morgan fingerprint density at radius 1 is 1.38 bits per heavy atom. The van der Waals surface area contributed by atoms with Gasteiger partial charge in [-0.25, -0.2) is 0 Å². The highest BCUT2D eigenvalue weighted by Gasteiger charge is 2.12. The number of ketones is 1. The minimum absolute atomic E-state index is 0.150. The van der Waals surface area contributed by atoms with Crippen molar-refractivity contribution in [3.05, 3.63) is 48.4 Å². The average molecular weight is 216 g/mol. The lowest BCUT2D eigenvalue weighted by atomic mass is 10.0. The maximum atomic E-state index is 11.8. The van der Waals surface area contributed by atoms with Crippen LogP contribution in [-0.2, 0) is 4.79 Å². The van der Waals surface area contributed by atoms with Crippen LogP contribution in [0.3, 0.4) is 0 Å². The van der Waals surface area contributed by atoms with Crippen molar-refractivity contribution < 1.29 is 4.79 Å². The van der Waals surface area contributed by atoms with Gasteiger partial charge in [-0.15, -0.1) is 0 Å². The smallest absolute Gasteiger partial charge is 0.141 e. The maximum Gasteiger partial charge on any atom is 0.141 e. The molecule has 2 N–H and O–H groups in total. The van der Waals surface area contributed by atoms with Crippen LogP contribution in [0.4, 0.5) is 0 Å². The predicted octanol–water partition coefficient (Wildman–Crippen LogP) is 1.42. The minimum atomic E-state index is 0.150. The summed E-state index contributed by atoms with van der Waals surface area (Å²) >= 11 is 0. The predicted molar refractivity (Wildman–Crippen MR) is 64.7 cm³/mol. The Morgan fingerprint density at radius 2 is 2.31 bits per heavy atom. The highest BCUT2D eigenvalue weighted by atomic mass is 16.1. The van der Waals surface area contributed by atoms with Crippen molar-refractivity contribution in [3.8, 4) is 0 Å². The van der Waals surface area contributed by atoms with E-state index in [1.54, 1.807) is 0 Å². The van der Waals surface area contributed by atoms with Crippen LogP contribution < -0.4 is 10.6 Å². The normalized spacial score (nSPS) is 22.2. The first-order valence-electron chi connectivity index (χ1n) is 5.55. The van der Waals surface area contributed by atoms with Gasteiger partial charge < -0.3 is 10.6 Å². The molecule has 1 unspecified atom stereocenters. The van der Waals surface area contributed by atoms with E-state index in [4.69, 9.17) is 0 Å². The van der Waals surface area contributed by atoms with E-state index in [1.165, 1.54) is 0 Å². The molecule has 2 aliphatic rings. The molecule has 0 aromatic rings. The van der Waals surface area contributed by atoms with E-state index in [-0.39, 0.29) is 11.8 Å². The van der Waals surface area contributed by atoms with Crippen LogP contribution in [0, 0.1) is 0 Å². The topological polar surface area (TPSA) is 41.1 Å². The van der Waals surface area contributed by atoms with Crippen molar-refractivity contribution >= 4 is 5.78 Å². The number of nitrogens with one attached hydrogen (secondary N) is 2. The van der Waals surface area contributed by atoms with Gasteiger partial charge in [0.2, 0.25) is 0 Å². The van der Waals surface area contributed by atoms with E-state index in [1.807, 2.05) is 42.7 Å². The third-order valence-corrected chi connectivity index (χ3v) is 2.58. The second-order valence-corrected chi connectivity index (χ2v) is 3.94. The molecule has 0 radical (unpaired) electrons. The van der Waals surface area contributed by atoms with E-state index < -0.39 is 0 Å². The lowest BCUT2D eigenvalue weighted by Gasteiger charge is -2.16. The number of carbonyl (C=O) groups is 1. The second-order valence-electron chi connectivity index (χ2n) is 3.94. The number of carbonyl (C=O) groups excluding carboxylic acids is 1. The molecule has 84 valence electrons.